The van der Waals surface area contributed by atoms with Crippen LogP contribution in [-0.2, 0) is 10.2 Å². The number of aromatic nitrogens is 4. The van der Waals surface area contributed by atoms with E-state index in [1.807, 2.05) is 16.9 Å². The van der Waals surface area contributed by atoms with Crippen molar-refractivity contribution in [1.82, 2.24) is 19.7 Å². The standard InChI is InChI=1S/C22H22N6O2/c23-13-22(12-21(22)3-4-21)16-2-1-15-9-26-28(18(15)7-16)20-8-19(24-14-25-20)27-5-6-30-17(10-27)11-29/h1-2,7-9,14,17,29H,3-6,10-12H2/t17-,22-/m1/s1. The molecule has 3 aromatic rings. The fourth-order valence-corrected chi connectivity index (χ4v) is 4.98. The number of nitriles is 1. The van der Waals surface area contributed by atoms with E-state index in [1.165, 1.54) is 0 Å². The molecule has 1 aromatic carbocycles. The van der Waals surface area contributed by atoms with Gasteiger partial charge in [-0.05, 0) is 36.3 Å². The lowest BCUT2D eigenvalue weighted by molar-refractivity contribution is 0.00335. The first kappa shape index (κ1) is 17.8. The number of aliphatic hydroxyl groups is 1. The summed E-state index contributed by atoms with van der Waals surface area (Å²) in [5.74, 6) is 1.47. The number of hydrogen-bond donors (Lipinski definition) is 1. The molecular weight excluding hydrogens is 380 g/mol. The quantitative estimate of drug-likeness (QED) is 0.712. The van der Waals surface area contributed by atoms with Crippen molar-refractivity contribution in [1.29, 1.82) is 5.26 Å². The van der Waals surface area contributed by atoms with E-state index >= 15 is 0 Å². The van der Waals surface area contributed by atoms with Crippen LogP contribution in [0, 0.1) is 16.7 Å². The molecule has 8 heteroatoms. The van der Waals surface area contributed by atoms with Crippen molar-refractivity contribution in [3.63, 3.8) is 0 Å². The minimum Gasteiger partial charge on any atom is -0.394 e. The zero-order valence-electron chi connectivity index (χ0n) is 16.5. The minimum absolute atomic E-state index is 0.0108. The van der Waals surface area contributed by atoms with E-state index in [-0.39, 0.29) is 23.5 Å². The third-order valence-electron chi connectivity index (χ3n) is 7.01. The molecule has 0 bridgehead atoms. The summed E-state index contributed by atoms with van der Waals surface area (Å²) in [7, 11) is 0. The van der Waals surface area contributed by atoms with Crippen molar-refractivity contribution < 1.29 is 9.84 Å². The molecule has 2 atom stereocenters. The molecule has 1 saturated heterocycles. The molecule has 2 aromatic heterocycles. The van der Waals surface area contributed by atoms with E-state index in [9.17, 15) is 10.4 Å². The summed E-state index contributed by atoms with van der Waals surface area (Å²) in [6.07, 6.45) is 6.44. The number of aliphatic hydroxyl groups excluding tert-OH is 1. The monoisotopic (exact) mass is 402 g/mol. The summed E-state index contributed by atoms with van der Waals surface area (Å²) in [5, 5.41) is 24.9. The normalized spacial score (nSPS) is 26.7. The number of hydrogen-bond acceptors (Lipinski definition) is 7. The smallest absolute Gasteiger partial charge is 0.159 e. The molecular formula is C22H22N6O2. The Labute approximate surface area is 173 Å². The van der Waals surface area contributed by atoms with Gasteiger partial charge >= 0.3 is 0 Å². The van der Waals surface area contributed by atoms with Crippen molar-refractivity contribution in [3.05, 3.63) is 42.4 Å². The topological polar surface area (TPSA) is 100 Å². The molecule has 152 valence electrons. The van der Waals surface area contributed by atoms with Gasteiger partial charge in [0, 0.05) is 24.5 Å². The van der Waals surface area contributed by atoms with Gasteiger partial charge in [0.15, 0.2) is 5.82 Å². The maximum atomic E-state index is 9.89. The van der Waals surface area contributed by atoms with E-state index in [4.69, 9.17) is 4.74 Å². The average molecular weight is 402 g/mol. The second-order valence-electron chi connectivity index (χ2n) is 8.66. The summed E-state index contributed by atoms with van der Waals surface area (Å²) in [4.78, 5) is 11.0. The van der Waals surface area contributed by atoms with Crippen LogP contribution in [0.2, 0.25) is 0 Å². The van der Waals surface area contributed by atoms with Crippen molar-refractivity contribution >= 4 is 16.7 Å². The lowest BCUT2D eigenvalue weighted by Crippen LogP contribution is -2.44. The molecule has 8 nitrogen and oxygen atoms in total. The van der Waals surface area contributed by atoms with Gasteiger partial charge < -0.3 is 14.7 Å². The Morgan fingerprint density at radius 3 is 2.87 bits per heavy atom. The van der Waals surface area contributed by atoms with Crippen LogP contribution < -0.4 is 4.90 Å². The van der Waals surface area contributed by atoms with Gasteiger partial charge in [0.05, 0.1) is 42.5 Å². The van der Waals surface area contributed by atoms with E-state index in [1.54, 1.807) is 6.33 Å². The highest BCUT2D eigenvalue weighted by atomic mass is 16.5. The van der Waals surface area contributed by atoms with Gasteiger partial charge in [-0.25, -0.2) is 14.6 Å². The van der Waals surface area contributed by atoms with Crippen LogP contribution in [-0.4, -0.2) is 57.3 Å². The SMILES string of the molecule is N#C[C@@]1(c2ccc3cnn(-c4cc(N5CCO[C@@H](CO)C5)ncn4)c3c2)CC12CC2. The first-order valence-corrected chi connectivity index (χ1v) is 10.4. The summed E-state index contributed by atoms with van der Waals surface area (Å²) in [5.41, 5.74) is 1.93. The maximum Gasteiger partial charge on any atom is 0.159 e. The first-order chi connectivity index (χ1) is 14.7. The van der Waals surface area contributed by atoms with Crippen molar-refractivity contribution in [3.8, 4) is 11.9 Å². The van der Waals surface area contributed by atoms with Crippen molar-refractivity contribution in [2.24, 2.45) is 5.41 Å². The minimum atomic E-state index is -0.333. The zero-order valence-corrected chi connectivity index (χ0v) is 16.5. The van der Waals surface area contributed by atoms with E-state index in [0.29, 0.717) is 25.5 Å². The lowest BCUT2D eigenvalue weighted by Gasteiger charge is -2.32. The highest BCUT2D eigenvalue weighted by Crippen LogP contribution is 2.78. The van der Waals surface area contributed by atoms with Crippen LogP contribution in [0.3, 0.4) is 0 Å². The van der Waals surface area contributed by atoms with Crippen molar-refractivity contribution in [2.75, 3.05) is 31.2 Å². The van der Waals surface area contributed by atoms with Crippen LogP contribution in [0.4, 0.5) is 5.82 Å². The van der Waals surface area contributed by atoms with Crippen LogP contribution in [0.25, 0.3) is 16.7 Å². The number of anilines is 1. The Bertz CT molecular complexity index is 1180. The highest BCUT2D eigenvalue weighted by molar-refractivity contribution is 5.81. The fourth-order valence-electron chi connectivity index (χ4n) is 4.98. The zero-order chi connectivity index (χ0) is 20.3. The predicted molar refractivity (Wildman–Crippen MR) is 109 cm³/mol. The molecule has 2 aliphatic carbocycles. The van der Waals surface area contributed by atoms with Crippen LogP contribution in [0.5, 0.6) is 0 Å². The predicted octanol–water partition coefficient (Wildman–Crippen LogP) is 1.96. The second-order valence-corrected chi connectivity index (χ2v) is 8.66. The summed E-state index contributed by atoms with van der Waals surface area (Å²) < 4.78 is 7.36. The van der Waals surface area contributed by atoms with Gasteiger partial charge in [-0.3, -0.25) is 0 Å². The third-order valence-corrected chi connectivity index (χ3v) is 7.01. The first-order valence-electron chi connectivity index (χ1n) is 10.4. The van der Waals surface area contributed by atoms with Crippen LogP contribution in [0.15, 0.2) is 36.8 Å². The number of rotatable bonds is 4. The number of nitrogens with zero attached hydrogens (tertiary/aromatic N) is 6. The molecule has 6 rings (SSSR count). The number of morpholine rings is 1. The van der Waals surface area contributed by atoms with Crippen LogP contribution >= 0.6 is 0 Å². The Morgan fingerprint density at radius 2 is 2.10 bits per heavy atom. The Hall–Kier alpha value is -3.02. The van der Waals surface area contributed by atoms with Crippen LogP contribution in [0.1, 0.15) is 24.8 Å². The van der Waals surface area contributed by atoms with Gasteiger partial charge in [-0.15, -0.1) is 0 Å². The summed E-state index contributed by atoms with van der Waals surface area (Å²) in [6.45, 7) is 1.84. The molecule has 3 heterocycles. The van der Waals surface area contributed by atoms with Gasteiger partial charge in [0.2, 0.25) is 0 Å². The Morgan fingerprint density at radius 1 is 1.23 bits per heavy atom. The molecule has 1 spiro atoms. The number of ether oxygens (including phenoxy) is 1. The van der Waals surface area contributed by atoms with E-state index in [0.717, 1.165) is 41.5 Å². The van der Waals surface area contributed by atoms with Gasteiger partial charge in [0.1, 0.15) is 12.1 Å². The third kappa shape index (κ3) is 2.49. The lowest BCUT2D eigenvalue weighted by atomic mass is 9.93. The van der Waals surface area contributed by atoms with Gasteiger partial charge in [0.25, 0.3) is 0 Å². The summed E-state index contributed by atoms with van der Waals surface area (Å²) >= 11 is 0. The molecule has 3 fully saturated rings. The van der Waals surface area contributed by atoms with E-state index in [2.05, 4.69) is 44.2 Å². The van der Waals surface area contributed by atoms with Gasteiger partial charge in [-0.1, -0.05) is 12.1 Å². The Kier molecular flexibility index (Phi) is 3.70. The number of benzene rings is 1. The molecule has 1 aliphatic heterocycles. The molecule has 0 radical (unpaired) electrons. The number of fused-ring (bicyclic) bond motifs is 1. The second kappa shape index (κ2) is 6.24. The van der Waals surface area contributed by atoms with Gasteiger partial charge in [-0.2, -0.15) is 10.4 Å². The fraction of sp³-hybridized carbons (Fsp3) is 0.455. The molecule has 30 heavy (non-hydrogen) atoms. The maximum absolute atomic E-state index is 9.89. The molecule has 0 amide bonds. The molecule has 0 unspecified atom stereocenters. The Balaban J connectivity index is 1.38. The van der Waals surface area contributed by atoms with E-state index < -0.39 is 0 Å². The molecule has 3 aliphatic rings. The average Bonchev–Trinajstić information content (AvgIpc) is 3.68. The largest absolute Gasteiger partial charge is 0.394 e. The van der Waals surface area contributed by atoms with Crippen molar-refractivity contribution in [2.45, 2.75) is 30.8 Å². The summed E-state index contributed by atoms with van der Waals surface area (Å²) in [6, 6.07) is 10.8. The molecule has 2 saturated carbocycles. The highest BCUT2D eigenvalue weighted by Gasteiger charge is 2.75. The molecule has 1 N–H and O–H groups in total.